The zero-order valence-electron chi connectivity index (χ0n) is 82.1. The lowest BCUT2D eigenvalue weighted by molar-refractivity contribution is -0.336. The molecule has 5 amide bonds. The van der Waals surface area contributed by atoms with Gasteiger partial charge in [0.15, 0.2) is 47.5 Å². The van der Waals surface area contributed by atoms with Crippen LogP contribution in [0.4, 0.5) is 24.9 Å². The topological polar surface area (TPSA) is 542 Å². The maximum atomic E-state index is 14.6. The van der Waals surface area contributed by atoms with Crippen LogP contribution in [0.25, 0.3) is 0 Å². The van der Waals surface area contributed by atoms with Crippen molar-refractivity contribution in [1.82, 2.24) is 36.2 Å². The fraction of sp³-hybridized carbons (Fsp3) is 0.656. The van der Waals surface area contributed by atoms with Crippen molar-refractivity contribution in [3.05, 3.63) is 79.6 Å². The summed E-state index contributed by atoms with van der Waals surface area (Å²) in [6.07, 6.45) is -13.7. The molecule has 46 heteroatoms. The molecule has 4 saturated heterocycles. The summed E-state index contributed by atoms with van der Waals surface area (Å²) in [5.41, 5.74) is 1.75. The number of alkyl carbamates (subject to hydrolysis) is 3. The van der Waals surface area contributed by atoms with E-state index in [9.17, 15) is 77.1 Å². The zero-order chi connectivity index (χ0) is 103. The van der Waals surface area contributed by atoms with Crippen molar-refractivity contribution >= 4 is 125 Å². The minimum atomic E-state index is -4.24. The van der Waals surface area contributed by atoms with E-state index in [2.05, 4.69) is 72.3 Å². The number of Topliss-reactive ketones (excluding diaryl/α,β-unsaturated/α-hetero) is 3. The van der Waals surface area contributed by atoms with E-state index in [1.54, 1.807) is 85.9 Å². The number of halogens is 1. The number of aliphatic hydroxyl groups is 5. The first-order valence-corrected chi connectivity index (χ1v) is 52.9. The van der Waals surface area contributed by atoms with E-state index in [0.29, 0.717) is 51.6 Å². The Kier molecular flexibility index (Phi) is 45.0. The number of fused-ring (bicyclic) bond motifs is 3. The molecule has 0 aromatic heterocycles. The van der Waals surface area contributed by atoms with Gasteiger partial charge in [0, 0.05) is 106 Å². The number of ether oxygens (including phenoxy) is 16. The predicted octanol–water partition coefficient (Wildman–Crippen LogP) is 7.05. The van der Waals surface area contributed by atoms with E-state index in [0.717, 1.165) is 44.6 Å². The van der Waals surface area contributed by atoms with E-state index in [4.69, 9.17) is 80.6 Å². The Morgan fingerprint density at radius 2 is 1.47 bits per heavy atom. The lowest BCUT2D eigenvalue weighted by Gasteiger charge is -2.46. The highest BCUT2D eigenvalue weighted by molar-refractivity contribution is 14.1. The standard InChI is InChI=1S/C96H133IN8O33S4/c1-16-98-64-50-129-70(46-69(64)122-11)136-84-79(111)76(104-138-71-45-66(108)86(56(8)132-71)140-88(114)72-53(5)74(97)82(85(125-14)81(72)123-12)137-89-80(112)83(124-13)78(110)55(7)134-89)54(6)133-90(84)135-68-29-23-19-20-24-36-96(119)47-67(109)77(103-92(116)126-15)73(68)63(96)35-43-139-141-95(9,10)37-34-59(106)26-25-38-99-91(115)130-48-57-30-32-58(33-31-57)101-87(113)52(4)44-65(107)75(51(2)3)102-93(117)128-42-41-127-40-39-100-142(120,121)105-94(118)131-49-62-60-27-21-17-18-22-28-61(60)62/h19-20,30-33,35,51-52,54-56,60-62,64,66,68-71,75-76,78-80,83-84,86,89-90,98,100,104,108,110-112,119H,16,21-22,25-28,34,37-50H2,1-15H3,(H,99,115)(H,101,113)(H,102,117)(H,103,116)(H,105,118)/b20-19-,63-35+/t52-,54?,55?,56?,60-,61+,62?,64+,66-,68+,69?,70+,71+,75+,76-,78+,79+,80+,83?,84?,86-,89+,90+,96-/m1/s1. The second kappa shape index (κ2) is 55.1. The summed E-state index contributed by atoms with van der Waals surface area (Å²) < 4.78 is 123. The Labute approximate surface area is 853 Å². The molecular weight excluding hydrogens is 2050 g/mol. The quantitative estimate of drug-likeness (QED) is 0.00787. The van der Waals surface area contributed by atoms with Crippen molar-refractivity contribution in [3.8, 4) is 52.8 Å². The lowest BCUT2D eigenvalue weighted by Crippen LogP contribution is -2.65. The van der Waals surface area contributed by atoms with Gasteiger partial charge in [0.05, 0.1) is 123 Å². The zero-order valence-corrected chi connectivity index (χ0v) is 87.6. The van der Waals surface area contributed by atoms with Crippen molar-refractivity contribution in [2.75, 3.05) is 99.3 Å². The highest BCUT2D eigenvalue weighted by Gasteiger charge is 2.54. The average molecular weight is 2180 g/mol. The Balaban J connectivity index is 0.681. The predicted molar refractivity (Wildman–Crippen MR) is 528 cm³/mol. The summed E-state index contributed by atoms with van der Waals surface area (Å²) >= 11 is 2.78. The van der Waals surface area contributed by atoms with Gasteiger partial charge in [-0.1, -0.05) is 103 Å². The number of hydrogen-bond donors (Lipinski definition) is 13. The fourth-order valence-corrected chi connectivity index (χ4v) is 22.2. The number of benzene rings is 2. The van der Waals surface area contributed by atoms with E-state index >= 15 is 0 Å². The van der Waals surface area contributed by atoms with Crippen LogP contribution in [0.15, 0.2) is 59.3 Å². The van der Waals surface area contributed by atoms with Crippen molar-refractivity contribution in [2.45, 2.75) is 279 Å². The number of likely N-dealkylation sites (N-methyl/N-ethyl adjacent to an activating group) is 1. The number of aliphatic hydroxyl groups excluding tert-OH is 4. The van der Waals surface area contributed by atoms with E-state index in [1.807, 2.05) is 48.1 Å². The van der Waals surface area contributed by atoms with Gasteiger partial charge >= 0.3 is 34.6 Å². The molecule has 5 fully saturated rings. The van der Waals surface area contributed by atoms with Gasteiger partial charge in [-0.15, -0.1) is 11.8 Å². The van der Waals surface area contributed by atoms with Crippen LogP contribution >= 0.6 is 55.9 Å². The van der Waals surface area contributed by atoms with Crippen LogP contribution in [-0.4, -0.2) is 307 Å². The monoisotopic (exact) mass is 2180 g/mol. The smallest absolute Gasteiger partial charge is 0.421 e. The summed E-state index contributed by atoms with van der Waals surface area (Å²) in [5.74, 6) is 16.1. The molecule has 13 N–H and O–H groups in total. The van der Waals surface area contributed by atoms with Gasteiger partial charge in [-0.3, -0.25) is 34.1 Å². The highest BCUT2D eigenvalue weighted by Crippen LogP contribution is 2.53. The summed E-state index contributed by atoms with van der Waals surface area (Å²) in [6.45, 7) is 17.6. The minimum absolute atomic E-state index is 0.00467. The average Bonchev–Trinajstić information content (AvgIpc) is 1.27. The number of carbonyl (C=O) groups is 9. The van der Waals surface area contributed by atoms with Gasteiger partial charge in [-0.25, -0.2) is 23.9 Å². The third-order valence-electron chi connectivity index (χ3n) is 25.1. The van der Waals surface area contributed by atoms with Crippen LogP contribution in [0, 0.1) is 75.6 Å². The SMILES string of the molecule is CCN[C@H]1CO[C@@H](OC2[C@H](O[C@H]3C#C/C=C\C#C[C@@]4(O)CC(=O)C(NC(=O)OC)=C3/C4=C\CSSC(C)(C)CCC(=O)CCCNC(=O)OCc3ccc(NC(=O)[C@H](C)CC(=O)[C@@H](NC(=O)OCCOCCNS(=O)(=O)NC(=O)OCC4[C@H]5CCC#CCC[C@@H]45)C(C)C)cc3)OC(C)[C@@H](NO[C@H]3C[C@@H](O)[C@H](SC(=O)c4c(C)c(I)c(O[C@@H]5OC(C)[C@H](O)C(OC)[C@@H]5O)c(OC)c4OC)C(C)O3)[C@@H]2O)CC1OC. The van der Waals surface area contributed by atoms with Gasteiger partial charge in [-0.2, -0.15) is 18.6 Å². The normalized spacial score (nSPS) is 28.9. The molecule has 2 bridgehead atoms. The number of hydroxylamine groups is 1. The first-order chi connectivity index (χ1) is 67.7. The number of ketones is 3. The third kappa shape index (κ3) is 32.5. The summed E-state index contributed by atoms with van der Waals surface area (Å²) in [7, 11) is 5.26. The fourth-order valence-electron chi connectivity index (χ4n) is 17.3. The molecule has 2 aromatic rings. The first kappa shape index (κ1) is 116. The number of hydrogen-bond acceptors (Lipinski definition) is 38. The lowest BCUT2D eigenvalue weighted by atomic mass is 9.75. The van der Waals surface area contributed by atoms with Crippen LogP contribution < -0.4 is 55.7 Å². The number of allylic oxidation sites excluding steroid dienone is 3. The van der Waals surface area contributed by atoms with Crippen LogP contribution in [0.2, 0.25) is 0 Å². The molecule has 1 saturated carbocycles. The largest absolute Gasteiger partial charge is 0.492 e. The number of thioether (sulfide) groups is 1. The van der Waals surface area contributed by atoms with Gasteiger partial charge < -0.3 is 123 Å². The van der Waals surface area contributed by atoms with E-state index < -0.39 is 189 Å². The van der Waals surface area contributed by atoms with E-state index in [-0.39, 0.29) is 154 Å². The Bertz CT molecular complexity index is 5090. The molecule has 4 heterocycles. The van der Waals surface area contributed by atoms with Crippen molar-refractivity contribution in [3.63, 3.8) is 0 Å². The number of rotatable bonds is 48. The second-order valence-electron chi connectivity index (χ2n) is 36.2. The van der Waals surface area contributed by atoms with Crippen molar-refractivity contribution < 1.29 is 158 Å². The van der Waals surface area contributed by atoms with Crippen LogP contribution in [-0.2, 0) is 102 Å². The first-order valence-electron chi connectivity index (χ1n) is 47.1. The summed E-state index contributed by atoms with van der Waals surface area (Å²) in [5, 5.41) is 71.7. The van der Waals surface area contributed by atoms with Gasteiger partial charge in [0.2, 0.25) is 23.1 Å². The minimum Gasteiger partial charge on any atom is -0.492 e. The van der Waals surface area contributed by atoms with Crippen LogP contribution in [0.3, 0.4) is 0 Å². The number of anilines is 1. The number of carbonyl (C=O) groups excluding carboxylic acids is 9. The molecule has 24 atom stereocenters. The highest BCUT2D eigenvalue weighted by atomic mass is 127. The molecular formula is C96H133IN8O33S4. The maximum absolute atomic E-state index is 14.6. The van der Waals surface area contributed by atoms with Gasteiger partial charge in [-0.05, 0) is 155 Å². The third-order valence-corrected chi connectivity index (χ3v) is 32.0. The number of amides is 5. The molecule has 41 nitrogen and oxygen atoms in total. The maximum Gasteiger partial charge on any atom is 0.421 e. The van der Waals surface area contributed by atoms with Gasteiger partial charge in [0.1, 0.15) is 55.6 Å². The molecule has 4 aliphatic carbocycles. The molecule has 786 valence electrons. The Morgan fingerprint density at radius 3 is 2.15 bits per heavy atom. The van der Waals surface area contributed by atoms with Crippen LogP contribution in [0.5, 0.6) is 17.2 Å². The second-order valence-corrected chi connectivity index (χ2v) is 43.0. The van der Waals surface area contributed by atoms with Crippen molar-refractivity contribution in [1.29, 1.82) is 0 Å². The molecule has 8 aliphatic rings. The van der Waals surface area contributed by atoms with E-state index in [1.165, 1.54) is 55.1 Å². The number of nitrogens with one attached hydrogen (secondary N) is 8. The Hall–Kier alpha value is -8.02. The molecule has 0 radical (unpaired) electrons. The van der Waals surface area contributed by atoms with Gasteiger partial charge in [0.25, 0.3) is 0 Å². The Morgan fingerprint density at radius 1 is 0.761 bits per heavy atom. The molecule has 10 rings (SSSR count). The summed E-state index contributed by atoms with van der Waals surface area (Å²) in [6, 6.07) is 4.08. The number of methoxy groups -OCH3 is 5. The molecule has 142 heavy (non-hydrogen) atoms. The van der Waals surface area contributed by atoms with Crippen LogP contribution in [0.1, 0.15) is 161 Å². The van der Waals surface area contributed by atoms with Crippen molar-refractivity contribution in [2.24, 2.45) is 29.6 Å². The molecule has 2 aromatic carbocycles. The molecule has 0 spiro atoms. The molecule has 7 unspecified atom stereocenters. The molecule has 4 aliphatic heterocycles. The summed E-state index contributed by atoms with van der Waals surface area (Å²) in [4.78, 5) is 127.